The highest BCUT2D eigenvalue weighted by molar-refractivity contribution is 6.01. The number of fused-ring (bicyclic) bond motifs is 1. The lowest BCUT2D eigenvalue weighted by Gasteiger charge is -2.24. The maximum atomic E-state index is 12.4. The number of hydrogen-bond donors (Lipinski definition) is 1. The van der Waals surface area contributed by atoms with Gasteiger partial charge < -0.3 is 14.6 Å². The zero-order valence-corrected chi connectivity index (χ0v) is 11.6. The van der Waals surface area contributed by atoms with E-state index in [0.717, 1.165) is 12.0 Å². The Bertz CT molecular complexity index is 535. The quantitative estimate of drug-likeness (QED) is 0.894. The summed E-state index contributed by atoms with van der Waals surface area (Å²) >= 11 is 0. The first-order chi connectivity index (χ1) is 9.56. The molecule has 1 aliphatic rings. The van der Waals surface area contributed by atoms with Gasteiger partial charge in [-0.25, -0.2) is 0 Å². The Morgan fingerprint density at radius 1 is 1.30 bits per heavy atom. The molecule has 0 amide bonds. The van der Waals surface area contributed by atoms with E-state index in [0.29, 0.717) is 29.9 Å². The van der Waals surface area contributed by atoms with Gasteiger partial charge in [-0.3, -0.25) is 9.59 Å². The monoisotopic (exact) mass is 278 g/mol. The van der Waals surface area contributed by atoms with Gasteiger partial charge in [-0.2, -0.15) is 0 Å². The Balaban J connectivity index is 2.27. The van der Waals surface area contributed by atoms with Gasteiger partial charge in [0.05, 0.1) is 14.2 Å². The smallest absolute Gasteiger partial charge is 0.303 e. The Morgan fingerprint density at radius 2 is 1.95 bits per heavy atom. The van der Waals surface area contributed by atoms with Crippen LogP contribution in [0.15, 0.2) is 12.1 Å². The number of aryl methyl sites for hydroxylation is 1. The molecule has 0 bridgehead atoms. The number of carboxylic acid groups (broad SMARTS) is 1. The topological polar surface area (TPSA) is 72.8 Å². The van der Waals surface area contributed by atoms with Gasteiger partial charge in [0, 0.05) is 17.9 Å². The second-order valence-electron chi connectivity index (χ2n) is 4.90. The molecule has 1 unspecified atom stereocenters. The summed E-state index contributed by atoms with van der Waals surface area (Å²) in [6, 6.07) is 3.53. The number of ether oxygens (including phenoxy) is 2. The summed E-state index contributed by atoms with van der Waals surface area (Å²) in [5, 5.41) is 8.73. The second-order valence-corrected chi connectivity index (χ2v) is 4.90. The molecule has 0 heterocycles. The highest BCUT2D eigenvalue weighted by Crippen LogP contribution is 2.36. The van der Waals surface area contributed by atoms with E-state index in [-0.39, 0.29) is 18.1 Å². The van der Waals surface area contributed by atoms with Gasteiger partial charge in [0.15, 0.2) is 17.3 Å². The van der Waals surface area contributed by atoms with Gasteiger partial charge in [0.2, 0.25) is 0 Å². The number of carbonyl (C=O) groups excluding carboxylic acids is 1. The van der Waals surface area contributed by atoms with Crippen molar-refractivity contribution in [3.8, 4) is 11.5 Å². The van der Waals surface area contributed by atoms with Crippen molar-refractivity contribution in [1.82, 2.24) is 0 Å². The van der Waals surface area contributed by atoms with Crippen LogP contribution < -0.4 is 9.47 Å². The molecule has 5 heteroatoms. The van der Waals surface area contributed by atoms with Gasteiger partial charge in [-0.1, -0.05) is 0 Å². The van der Waals surface area contributed by atoms with Gasteiger partial charge in [0.1, 0.15) is 0 Å². The van der Waals surface area contributed by atoms with E-state index in [1.165, 1.54) is 7.11 Å². The Hall–Kier alpha value is -2.04. The zero-order chi connectivity index (χ0) is 14.7. The van der Waals surface area contributed by atoms with Crippen LogP contribution in [0.4, 0.5) is 0 Å². The van der Waals surface area contributed by atoms with Crippen molar-refractivity contribution >= 4 is 11.8 Å². The van der Waals surface area contributed by atoms with Crippen molar-refractivity contribution in [3.05, 3.63) is 23.3 Å². The first-order valence-corrected chi connectivity index (χ1v) is 6.57. The van der Waals surface area contributed by atoms with Crippen LogP contribution in [0.3, 0.4) is 0 Å². The maximum absolute atomic E-state index is 12.4. The molecule has 0 saturated heterocycles. The number of carbonyl (C=O) groups is 2. The molecule has 2 rings (SSSR count). The molecule has 0 spiro atoms. The molecule has 20 heavy (non-hydrogen) atoms. The van der Waals surface area contributed by atoms with Crippen LogP contribution in [0.25, 0.3) is 0 Å². The van der Waals surface area contributed by atoms with Crippen molar-refractivity contribution in [1.29, 1.82) is 0 Å². The fraction of sp³-hybridized carbons (Fsp3) is 0.467. The van der Waals surface area contributed by atoms with E-state index < -0.39 is 5.97 Å². The van der Waals surface area contributed by atoms with Gasteiger partial charge in [-0.05, 0) is 37.0 Å². The van der Waals surface area contributed by atoms with Gasteiger partial charge in [-0.15, -0.1) is 0 Å². The lowest BCUT2D eigenvalue weighted by atomic mass is 9.80. The van der Waals surface area contributed by atoms with Crippen LogP contribution in [0.5, 0.6) is 11.5 Å². The lowest BCUT2D eigenvalue weighted by Crippen LogP contribution is -2.23. The molecule has 5 nitrogen and oxygen atoms in total. The minimum absolute atomic E-state index is 0.00783. The molecule has 0 aromatic heterocycles. The molecular formula is C15H18O5. The lowest BCUT2D eigenvalue weighted by molar-refractivity contribution is -0.137. The summed E-state index contributed by atoms with van der Waals surface area (Å²) < 4.78 is 10.4. The summed E-state index contributed by atoms with van der Waals surface area (Å²) in [6.07, 6.45) is 1.86. The number of ketones is 1. The molecular weight excluding hydrogens is 260 g/mol. The molecule has 0 fully saturated rings. The summed E-state index contributed by atoms with van der Waals surface area (Å²) in [5.74, 6) is 0.0718. The number of methoxy groups -OCH3 is 2. The highest BCUT2D eigenvalue weighted by atomic mass is 16.5. The average molecular weight is 278 g/mol. The molecule has 0 radical (unpaired) electrons. The number of aliphatic carboxylic acids is 1. The van der Waals surface area contributed by atoms with Crippen LogP contribution in [0.2, 0.25) is 0 Å². The molecule has 1 aromatic rings. The summed E-state index contributed by atoms with van der Waals surface area (Å²) in [5.41, 5.74) is 1.57. The van der Waals surface area contributed by atoms with Crippen LogP contribution >= 0.6 is 0 Å². The molecule has 0 aliphatic heterocycles. The molecule has 1 aromatic carbocycles. The standard InChI is InChI=1S/C15H18O5/c1-19-12-7-10-4-3-9(5-6-14(16)17)15(18)11(10)8-13(12)20-2/h7-9H,3-6H2,1-2H3,(H,16,17). The van der Waals surface area contributed by atoms with Crippen molar-refractivity contribution in [2.45, 2.75) is 25.7 Å². The Kier molecular flexibility index (Phi) is 4.27. The molecule has 1 N–H and O–H groups in total. The number of carboxylic acids is 1. The SMILES string of the molecule is COc1cc2c(cc1OC)C(=O)C(CCC(=O)O)CC2. The van der Waals surface area contributed by atoms with Crippen molar-refractivity contribution in [2.75, 3.05) is 14.2 Å². The van der Waals surface area contributed by atoms with E-state index in [1.807, 2.05) is 6.07 Å². The summed E-state index contributed by atoms with van der Waals surface area (Å²) in [4.78, 5) is 23.0. The first-order valence-electron chi connectivity index (χ1n) is 6.57. The minimum Gasteiger partial charge on any atom is -0.493 e. The maximum Gasteiger partial charge on any atom is 0.303 e. The predicted octanol–water partition coefficient (Wildman–Crippen LogP) is 2.31. The first kappa shape index (κ1) is 14.4. The van der Waals surface area contributed by atoms with Crippen LogP contribution in [-0.2, 0) is 11.2 Å². The van der Waals surface area contributed by atoms with E-state index in [4.69, 9.17) is 14.6 Å². The van der Waals surface area contributed by atoms with E-state index in [2.05, 4.69) is 0 Å². The van der Waals surface area contributed by atoms with Crippen molar-refractivity contribution in [2.24, 2.45) is 5.92 Å². The summed E-state index contributed by atoms with van der Waals surface area (Å²) in [6.45, 7) is 0. The number of hydrogen-bond acceptors (Lipinski definition) is 4. The van der Waals surface area contributed by atoms with Crippen molar-refractivity contribution in [3.63, 3.8) is 0 Å². The number of benzene rings is 1. The third kappa shape index (κ3) is 2.76. The van der Waals surface area contributed by atoms with E-state index >= 15 is 0 Å². The minimum atomic E-state index is -0.865. The molecule has 108 valence electrons. The predicted molar refractivity (Wildman–Crippen MR) is 72.6 cm³/mol. The third-order valence-corrected chi connectivity index (χ3v) is 3.71. The van der Waals surface area contributed by atoms with Crippen molar-refractivity contribution < 1.29 is 24.2 Å². The number of Topliss-reactive ketones (excluding diaryl/α,β-unsaturated/α-hetero) is 1. The zero-order valence-electron chi connectivity index (χ0n) is 11.6. The van der Waals surface area contributed by atoms with Crippen LogP contribution in [0, 0.1) is 5.92 Å². The Morgan fingerprint density at radius 3 is 2.55 bits per heavy atom. The normalized spacial score (nSPS) is 17.5. The highest BCUT2D eigenvalue weighted by Gasteiger charge is 2.29. The van der Waals surface area contributed by atoms with E-state index in [1.54, 1.807) is 13.2 Å². The van der Waals surface area contributed by atoms with Crippen LogP contribution in [0.1, 0.15) is 35.2 Å². The molecule has 1 aliphatic carbocycles. The van der Waals surface area contributed by atoms with Crippen LogP contribution in [-0.4, -0.2) is 31.1 Å². The fourth-order valence-electron chi connectivity index (χ4n) is 2.61. The second kappa shape index (κ2) is 5.94. The number of rotatable bonds is 5. The fourth-order valence-corrected chi connectivity index (χ4v) is 2.61. The van der Waals surface area contributed by atoms with E-state index in [9.17, 15) is 9.59 Å². The average Bonchev–Trinajstić information content (AvgIpc) is 2.45. The van der Waals surface area contributed by atoms with Gasteiger partial charge >= 0.3 is 5.97 Å². The summed E-state index contributed by atoms with van der Waals surface area (Å²) in [7, 11) is 3.09. The van der Waals surface area contributed by atoms with Gasteiger partial charge in [0.25, 0.3) is 0 Å². The third-order valence-electron chi connectivity index (χ3n) is 3.71. The largest absolute Gasteiger partial charge is 0.493 e. The Labute approximate surface area is 117 Å². The molecule has 0 saturated carbocycles. The molecule has 1 atom stereocenters.